The fourth-order valence-corrected chi connectivity index (χ4v) is 3.55. The molecule has 0 unspecified atom stereocenters. The molecule has 0 bridgehead atoms. The topological polar surface area (TPSA) is 78.9 Å². The van der Waals surface area contributed by atoms with Crippen molar-refractivity contribution in [1.29, 1.82) is 0 Å². The molecule has 1 amide bonds. The van der Waals surface area contributed by atoms with Gasteiger partial charge < -0.3 is 16.0 Å². The van der Waals surface area contributed by atoms with Crippen molar-refractivity contribution in [2.75, 3.05) is 18.4 Å². The van der Waals surface area contributed by atoms with Gasteiger partial charge in [-0.3, -0.25) is 4.79 Å². The van der Waals surface area contributed by atoms with E-state index in [-0.39, 0.29) is 5.91 Å². The number of hydrogen-bond donors (Lipinski definition) is 3. The van der Waals surface area contributed by atoms with Crippen molar-refractivity contribution in [2.24, 2.45) is 0 Å². The minimum Gasteiger partial charge on any atom is -0.354 e. The largest absolute Gasteiger partial charge is 0.354 e. The Balaban J connectivity index is 1.62. The third-order valence-corrected chi connectivity index (χ3v) is 4.82. The van der Waals surface area contributed by atoms with E-state index >= 15 is 0 Å². The Morgan fingerprint density at radius 1 is 1.29 bits per heavy atom. The second-order valence-corrected chi connectivity index (χ2v) is 6.89. The summed E-state index contributed by atoms with van der Waals surface area (Å²) in [6.45, 7) is 3.36. The van der Waals surface area contributed by atoms with Crippen LogP contribution < -0.4 is 16.0 Å². The number of carbonyl (C=O) groups is 1. The smallest absolute Gasteiger partial charge is 0.223 e. The van der Waals surface area contributed by atoms with E-state index in [1.807, 2.05) is 0 Å². The van der Waals surface area contributed by atoms with E-state index < -0.39 is 0 Å². The summed E-state index contributed by atoms with van der Waals surface area (Å²) in [5.41, 5.74) is 1.94. The van der Waals surface area contributed by atoms with Crippen LogP contribution in [0.25, 0.3) is 5.57 Å². The lowest BCUT2D eigenvalue weighted by atomic mass is 9.91. The van der Waals surface area contributed by atoms with Gasteiger partial charge in [-0.2, -0.15) is 0 Å². The minimum absolute atomic E-state index is 0.0476. The third-order valence-electron chi connectivity index (χ3n) is 4.54. The zero-order valence-corrected chi connectivity index (χ0v) is 14.7. The highest BCUT2D eigenvalue weighted by atomic mass is 35.5. The first-order valence-corrected chi connectivity index (χ1v) is 8.96. The maximum Gasteiger partial charge on any atom is 0.223 e. The number of nitrogens with one attached hydrogen (secondary N) is 3. The molecule has 1 fully saturated rings. The summed E-state index contributed by atoms with van der Waals surface area (Å²) in [6, 6.07) is 0.628. The van der Waals surface area contributed by atoms with Crippen LogP contribution >= 0.6 is 11.6 Å². The predicted molar refractivity (Wildman–Crippen MR) is 96.0 cm³/mol. The zero-order chi connectivity index (χ0) is 16.9. The van der Waals surface area contributed by atoms with Crippen LogP contribution in [0.2, 0.25) is 5.02 Å². The van der Waals surface area contributed by atoms with Gasteiger partial charge in [0.1, 0.15) is 0 Å². The number of carbonyl (C=O) groups excluding carboxylic acids is 1. The Morgan fingerprint density at radius 2 is 2.04 bits per heavy atom. The van der Waals surface area contributed by atoms with Crippen LogP contribution in [0.15, 0.2) is 12.3 Å². The normalized spacial score (nSPS) is 24.2. The molecule has 0 aromatic carbocycles. The fraction of sp³-hybridized carbons (Fsp3) is 0.588. The molecule has 130 valence electrons. The first kappa shape index (κ1) is 17.2. The van der Waals surface area contributed by atoms with Gasteiger partial charge >= 0.3 is 0 Å². The zero-order valence-electron chi connectivity index (χ0n) is 13.9. The summed E-state index contributed by atoms with van der Waals surface area (Å²) >= 11 is 6.28. The van der Waals surface area contributed by atoms with Crippen molar-refractivity contribution >= 4 is 29.0 Å². The predicted octanol–water partition coefficient (Wildman–Crippen LogP) is 2.37. The highest BCUT2D eigenvalue weighted by Crippen LogP contribution is 2.25. The van der Waals surface area contributed by atoms with Crippen LogP contribution in [0, 0.1) is 0 Å². The second kappa shape index (κ2) is 7.94. The monoisotopic (exact) mass is 349 g/mol. The lowest BCUT2D eigenvalue weighted by Crippen LogP contribution is -2.39. The Hall–Kier alpha value is -1.66. The molecule has 0 spiro atoms. The summed E-state index contributed by atoms with van der Waals surface area (Å²) in [5, 5.41) is 10.3. The van der Waals surface area contributed by atoms with Crippen molar-refractivity contribution in [1.82, 2.24) is 20.6 Å². The van der Waals surface area contributed by atoms with Gasteiger partial charge in [0.15, 0.2) is 0 Å². The first-order valence-electron chi connectivity index (χ1n) is 8.58. The Morgan fingerprint density at radius 3 is 2.71 bits per heavy atom. The van der Waals surface area contributed by atoms with Gasteiger partial charge in [-0.25, -0.2) is 9.97 Å². The molecular weight excluding hydrogens is 326 g/mol. The molecule has 1 aliphatic carbocycles. The Bertz CT molecular complexity index is 625. The van der Waals surface area contributed by atoms with Gasteiger partial charge in [0.25, 0.3) is 0 Å². The number of nitrogens with zero attached hydrogens (tertiary/aromatic N) is 2. The van der Waals surface area contributed by atoms with Crippen LogP contribution in [0.3, 0.4) is 0 Å². The molecule has 0 radical (unpaired) electrons. The van der Waals surface area contributed by atoms with E-state index in [1.54, 1.807) is 13.1 Å². The third kappa shape index (κ3) is 4.45. The summed E-state index contributed by atoms with van der Waals surface area (Å²) < 4.78 is 0. The number of aromatic nitrogens is 2. The standard InChI is InChI=1S/C17H24ClN5O/c1-11(24)21-13-4-6-14(7-5-13)22-17-20-10-15(18)16(23-17)12-3-2-8-19-9-12/h3,10,13-14,19H,2,4-9H2,1H3,(H,21,24)(H,20,22,23). The van der Waals surface area contributed by atoms with E-state index in [4.69, 9.17) is 11.6 Å². The molecule has 24 heavy (non-hydrogen) atoms. The molecule has 1 aliphatic heterocycles. The van der Waals surface area contributed by atoms with Gasteiger partial charge in [0, 0.05) is 25.6 Å². The Kier molecular flexibility index (Phi) is 5.68. The van der Waals surface area contributed by atoms with Crippen molar-refractivity contribution < 1.29 is 4.79 Å². The molecule has 2 aliphatic rings. The van der Waals surface area contributed by atoms with Crippen LogP contribution in [0.1, 0.15) is 44.7 Å². The van der Waals surface area contributed by atoms with E-state index in [1.165, 1.54) is 0 Å². The lowest BCUT2D eigenvalue weighted by Gasteiger charge is -2.29. The average Bonchev–Trinajstić information content (AvgIpc) is 2.59. The highest BCUT2D eigenvalue weighted by Gasteiger charge is 2.22. The number of amides is 1. The molecule has 2 heterocycles. The van der Waals surface area contributed by atoms with Crippen molar-refractivity contribution in [2.45, 2.75) is 51.1 Å². The van der Waals surface area contributed by atoms with Gasteiger partial charge in [-0.1, -0.05) is 17.7 Å². The summed E-state index contributed by atoms with van der Waals surface area (Å²) in [6.07, 6.45) is 8.80. The van der Waals surface area contributed by atoms with Crippen molar-refractivity contribution in [3.63, 3.8) is 0 Å². The molecule has 1 aromatic heterocycles. The first-order chi connectivity index (χ1) is 11.6. The van der Waals surface area contributed by atoms with E-state index in [9.17, 15) is 4.79 Å². The molecule has 1 saturated carbocycles. The summed E-state index contributed by atoms with van der Waals surface area (Å²) in [7, 11) is 0. The maximum absolute atomic E-state index is 11.1. The molecule has 0 atom stereocenters. The van der Waals surface area contributed by atoms with Crippen LogP contribution in [-0.4, -0.2) is 41.0 Å². The van der Waals surface area contributed by atoms with E-state index in [0.29, 0.717) is 23.1 Å². The van der Waals surface area contributed by atoms with Gasteiger partial charge in [0.2, 0.25) is 11.9 Å². The SMILES string of the molecule is CC(=O)NC1CCC(Nc2ncc(Cl)c(C3=CCCNC3)n2)CC1. The van der Waals surface area contributed by atoms with Gasteiger partial charge in [-0.05, 0) is 44.2 Å². The number of halogens is 1. The van der Waals surface area contributed by atoms with Gasteiger partial charge in [-0.15, -0.1) is 0 Å². The van der Waals surface area contributed by atoms with Crippen LogP contribution in [-0.2, 0) is 4.79 Å². The highest BCUT2D eigenvalue weighted by molar-refractivity contribution is 6.32. The van der Waals surface area contributed by atoms with Gasteiger partial charge in [0.05, 0.1) is 16.9 Å². The molecule has 0 saturated heterocycles. The van der Waals surface area contributed by atoms with E-state index in [2.05, 4.69) is 32.0 Å². The molecular formula is C17H24ClN5O. The number of rotatable bonds is 4. The molecule has 3 rings (SSSR count). The van der Waals surface area contributed by atoms with Crippen LogP contribution in [0.4, 0.5) is 5.95 Å². The second-order valence-electron chi connectivity index (χ2n) is 6.48. The number of hydrogen-bond acceptors (Lipinski definition) is 5. The molecule has 6 nitrogen and oxygen atoms in total. The Labute approximate surface area is 147 Å². The number of anilines is 1. The summed E-state index contributed by atoms with van der Waals surface area (Å²) in [4.78, 5) is 20.1. The average molecular weight is 350 g/mol. The van der Waals surface area contributed by atoms with Crippen molar-refractivity contribution in [3.05, 3.63) is 23.0 Å². The van der Waals surface area contributed by atoms with Crippen molar-refractivity contribution in [3.8, 4) is 0 Å². The summed E-state index contributed by atoms with van der Waals surface area (Å²) in [5.74, 6) is 0.676. The van der Waals surface area contributed by atoms with Crippen LogP contribution in [0.5, 0.6) is 0 Å². The van der Waals surface area contributed by atoms with E-state index in [0.717, 1.165) is 56.5 Å². The lowest BCUT2D eigenvalue weighted by molar-refractivity contribution is -0.119. The minimum atomic E-state index is 0.0476. The fourth-order valence-electron chi connectivity index (χ4n) is 3.34. The quantitative estimate of drug-likeness (QED) is 0.777. The molecule has 1 aromatic rings. The maximum atomic E-state index is 11.1. The molecule has 7 heteroatoms. The molecule has 3 N–H and O–H groups in total.